The molecule has 5 heteroatoms. The minimum absolute atomic E-state index is 0.306. The lowest BCUT2D eigenvalue weighted by Gasteiger charge is -2.34. The molecule has 2 N–H and O–H groups in total. The fraction of sp³-hybridized carbons (Fsp3) is 0.368. The van der Waals surface area contributed by atoms with Crippen LogP contribution in [0.4, 0.5) is 0 Å². The van der Waals surface area contributed by atoms with Crippen LogP contribution in [0.15, 0.2) is 42.5 Å². The Morgan fingerprint density at radius 3 is 2.75 bits per heavy atom. The highest BCUT2D eigenvalue weighted by Crippen LogP contribution is 2.32. The van der Waals surface area contributed by atoms with Crippen LogP contribution in [0.2, 0.25) is 10.0 Å². The molecule has 0 amide bonds. The van der Waals surface area contributed by atoms with Crippen molar-refractivity contribution < 1.29 is 4.74 Å². The molecule has 2 aromatic carbocycles. The van der Waals surface area contributed by atoms with Crippen LogP contribution < -0.4 is 15.4 Å². The average Bonchev–Trinajstić information content (AvgIpc) is 2.60. The van der Waals surface area contributed by atoms with E-state index in [1.807, 2.05) is 12.1 Å². The molecule has 1 fully saturated rings. The fourth-order valence-electron chi connectivity index (χ4n) is 3.33. The van der Waals surface area contributed by atoms with E-state index >= 15 is 0 Å². The molecule has 2 atom stereocenters. The molecule has 1 heterocycles. The van der Waals surface area contributed by atoms with Crippen molar-refractivity contribution in [1.29, 1.82) is 0 Å². The summed E-state index contributed by atoms with van der Waals surface area (Å²) in [7, 11) is 1.63. The van der Waals surface area contributed by atoms with Gasteiger partial charge in [0, 0.05) is 29.2 Å². The average molecular weight is 365 g/mol. The number of nitrogens with one attached hydrogen (secondary N) is 2. The largest absolute Gasteiger partial charge is 0.495 e. The Morgan fingerprint density at radius 1 is 1.21 bits per heavy atom. The number of benzene rings is 2. The van der Waals surface area contributed by atoms with Crippen molar-refractivity contribution >= 4 is 23.2 Å². The molecule has 1 aliphatic rings. The van der Waals surface area contributed by atoms with Crippen LogP contribution >= 0.6 is 23.2 Å². The van der Waals surface area contributed by atoms with Gasteiger partial charge in [-0.15, -0.1) is 0 Å². The quantitative estimate of drug-likeness (QED) is 0.814. The molecule has 0 aromatic heterocycles. The molecule has 0 bridgehead atoms. The van der Waals surface area contributed by atoms with E-state index < -0.39 is 0 Å². The molecule has 1 saturated heterocycles. The lowest BCUT2D eigenvalue weighted by molar-refractivity contribution is 0.303. The summed E-state index contributed by atoms with van der Waals surface area (Å²) in [6.07, 6.45) is 2.29. The third-order valence-corrected chi connectivity index (χ3v) is 4.96. The SMILES string of the molecule is COc1c(Cl)cc(Cl)cc1CNC1CCCNC1c1ccccc1. The van der Waals surface area contributed by atoms with Crippen molar-refractivity contribution in [3.05, 3.63) is 63.6 Å². The van der Waals surface area contributed by atoms with Crippen LogP contribution in [0.3, 0.4) is 0 Å². The van der Waals surface area contributed by atoms with Gasteiger partial charge in [0.05, 0.1) is 12.1 Å². The highest BCUT2D eigenvalue weighted by molar-refractivity contribution is 6.35. The van der Waals surface area contributed by atoms with Gasteiger partial charge in [-0.2, -0.15) is 0 Å². The number of ether oxygens (including phenoxy) is 1. The van der Waals surface area contributed by atoms with Gasteiger partial charge in [0.15, 0.2) is 0 Å². The Kier molecular flexibility index (Phi) is 6.01. The molecular weight excluding hydrogens is 343 g/mol. The smallest absolute Gasteiger partial charge is 0.142 e. The molecule has 0 spiro atoms. The summed E-state index contributed by atoms with van der Waals surface area (Å²) < 4.78 is 5.44. The zero-order valence-corrected chi connectivity index (χ0v) is 15.2. The lowest BCUT2D eigenvalue weighted by atomic mass is 9.92. The van der Waals surface area contributed by atoms with Crippen molar-refractivity contribution in [2.45, 2.75) is 31.5 Å². The van der Waals surface area contributed by atoms with E-state index in [1.165, 1.54) is 5.56 Å². The Bertz CT molecular complexity index is 679. The van der Waals surface area contributed by atoms with Gasteiger partial charge in [0.25, 0.3) is 0 Å². The molecule has 1 aliphatic heterocycles. The molecule has 0 radical (unpaired) electrons. The number of methoxy groups -OCH3 is 1. The Labute approximate surface area is 153 Å². The molecule has 0 saturated carbocycles. The van der Waals surface area contributed by atoms with Crippen molar-refractivity contribution in [1.82, 2.24) is 10.6 Å². The summed E-state index contributed by atoms with van der Waals surface area (Å²) in [5.74, 6) is 0.689. The predicted molar refractivity (Wildman–Crippen MR) is 100 cm³/mol. The number of rotatable bonds is 5. The molecule has 24 heavy (non-hydrogen) atoms. The van der Waals surface area contributed by atoms with Crippen LogP contribution in [0.25, 0.3) is 0 Å². The highest BCUT2D eigenvalue weighted by Gasteiger charge is 2.26. The molecule has 128 valence electrons. The summed E-state index contributed by atoms with van der Waals surface area (Å²) in [5.41, 5.74) is 2.29. The second-order valence-electron chi connectivity index (χ2n) is 6.05. The first kappa shape index (κ1) is 17.6. The molecular formula is C19H22Cl2N2O. The topological polar surface area (TPSA) is 33.3 Å². The first-order chi connectivity index (χ1) is 11.7. The van der Waals surface area contributed by atoms with Gasteiger partial charge in [0.2, 0.25) is 0 Å². The first-order valence-corrected chi connectivity index (χ1v) is 8.98. The molecule has 2 aromatic rings. The van der Waals surface area contributed by atoms with Gasteiger partial charge in [-0.05, 0) is 37.1 Å². The number of piperidine rings is 1. The number of hydrogen-bond acceptors (Lipinski definition) is 3. The third kappa shape index (κ3) is 4.04. The van der Waals surface area contributed by atoms with Gasteiger partial charge in [-0.1, -0.05) is 53.5 Å². The fourth-order valence-corrected chi connectivity index (χ4v) is 3.95. The van der Waals surface area contributed by atoms with E-state index in [9.17, 15) is 0 Å². The maximum Gasteiger partial charge on any atom is 0.142 e. The van der Waals surface area contributed by atoms with Gasteiger partial charge < -0.3 is 15.4 Å². The van der Waals surface area contributed by atoms with Crippen LogP contribution in [-0.4, -0.2) is 19.7 Å². The second-order valence-corrected chi connectivity index (χ2v) is 6.90. The normalized spacial score (nSPS) is 20.8. The maximum atomic E-state index is 6.23. The van der Waals surface area contributed by atoms with E-state index in [4.69, 9.17) is 27.9 Å². The van der Waals surface area contributed by atoms with Crippen molar-refractivity contribution in [3.8, 4) is 5.75 Å². The lowest BCUT2D eigenvalue weighted by Crippen LogP contribution is -2.45. The van der Waals surface area contributed by atoms with E-state index in [0.29, 0.717) is 34.4 Å². The van der Waals surface area contributed by atoms with Gasteiger partial charge >= 0.3 is 0 Å². The van der Waals surface area contributed by atoms with Crippen LogP contribution in [0.1, 0.15) is 30.0 Å². The molecule has 2 unspecified atom stereocenters. The third-order valence-electron chi connectivity index (χ3n) is 4.46. The van der Waals surface area contributed by atoms with E-state index in [-0.39, 0.29) is 0 Å². The summed E-state index contributed by atoms with van der Waals surface area (Å²) in [5, 5.41) is 8.45. The second kappa shape index (κ2) is 8.21. The summed E-state index contributed by atoms with van der Waals surface area (Å²) in [6, 6.07) is 14.8. The Morgan fingerprint density at radius 2 is 2.00 bits per heavy atom. The van der Waals surface area contributed by atoms with Gasteiger partial charge in [-0.3, -0.25) is 0 Å². The zero-order chi connectivity index (χ0) is 16.9. The van der Waals surface area contributed by atoms with Crippen LogP contribution in [0.5, 0.6) is 5.75 Å². The Balaban J connectivity index is 1.75. The molecule has 0 aliphatic carbocycles. The minimum Gasteiger partial charge on any atom is -0.495 e. The standard InChI is InChI=1S/C19H22Cl2N2O/c1-24-19-14(10-15(20)11-16(19)21)12-23-17-8-5-9-22-18(17)13-6-3-2-4-7-13/h2-4,6-7,10-11,17-18,22-23H,5,8-9,12H2,1H3. The van der Waals surface area contributed by atoms with Gasteiger partial charge in [-0.25, -0.2) is 0 Å². The van der Waals surface area contributed by atoms with E-state index in [2.05, 4.69) is 34.9 Å². The predicted octanol–water partition coefficient (Wildman–Crippen LogP) is 4.58. The maximum absolute atomic E-state index is 6.23. The number of hydrogen-bond donors (Lipinski definition) is 2. The van der Waals surface area contributed by atoms with Gasteiger partial charge in [0.1, 0.15) is 5.75 Å². The molecule has 3 rings (SSSR count). The summed E-state index contributed by atoms with van der Waals surface area (Å²) in [6.45, 7) is 1.71. The summed E-state index contributed by atoms with van der Waals surface area (Å²) >= 11 is 12.4. The molecule has 3 nitrogen and oxygen atoms in total. The first-order valence-electron chi connectivity index (χ1n) is 8.22. The Hall–Kier alpha value is -1.26. The van der Waals surface area contributed by atoms with E-state index in [1.54, 1.807) is 13.2 Å². The highest BCUT2D eigenvalue weighted by atomic mass is 35.5. The van der Waals surface area contributed by atoms with E-state index in [0.717, 1.165) is 24.9 Å². The zero-order valence-electron chi connectivity index (χ0n) is 13.7. The van der Waals surface area contributed by atoms with Crippen molar-refractivity contribution in [2.75, 3.05) is 13.7 Å². The monoisotopic (exact) mass is 364 g/mol. The van der Waals surface area contributed by atoms with Crippen molar-refractivity contribution in [2.24, 2.45) is 0 Å². The van der Waals surface area contributed by atoms with Crippen LogP contribution in [-0.2, 0) is 6.54 Å². The number of halogens is 2. The minimum atomic E-state index is 0.306. The van der Waals surface area contributed by atoms with Crippen LogP contribution in [0, 0.1) is 0 Å². The van der Waals surface area contributed by atoms with Crippen molar-refractivity contribution in [3.63, 3.8) is 0 Å². The summed E-state index contributed by atoms with van der Waals surface area (Å²) in [4.78, 5) is 0.